The van der Waals surface area contributed by atoms with Crippen molar-refractivity contribution in [1.82, 2.24) is 9.36 Å². The summed E-state index contributed by atoms with van der Waals surface area (Å²) in [5.74, 6) is 1.53. The normalized spacial score (nSPS) is 10.6. The molecule has 0 radical (unpaired) electrons. The first-order valence-corrected chi connectivity index (χ1v) is 8.46. The van der Waals surface area contributed by atoms with Crippen molar-refractivity contribution in [3.05, 3.63) is 29.6 Å². The molecule has 0 bridgehead atoms. The minimum atomic E-state index is -0.0172. The zero-order valence-corrected chi connectivity index (χ0v) is 13.7. The third-order valence-electron chi connectivity index (χ3n) is 2.97. The summed E-state index contributed by atoms with van der Waals surface area (Å²) in [5, 5.41) is 2.89. The number of aromatic nitrogens is 2. The van der Waals surface area contributed by atoms with E-state index in [0.29, 0.717) is 17.9 Å². The summed E-state index contributed by atoms with van der Waals surface area (Å²) in [6.07, 6.45) is 1.27. The summed E-state index contributed by atoms with van der Waals surface area (Å²) in [6, 6.07) is 5.51. The highest BCUT2D eigenvalue weighted by atomic mass is 32.2. The highest BCUT2D eigenvalue weighted by Gasteiger charge is 2.08. The molecule has 0 saturated carbocycles. The summed E-state index contributed by atoms with van der Waals surface area (Å²) in [7, 11) is 0. The van der Waals surface area contributed by atoms with Crippen molar-refractivity contribution in [3.63, 3.8) is 0 Å². The molecule has 0 atom stereocenters. The SMILES string of the molecule is CCc1nsc(SCCC(=O)Nc2cccc(N)c2C)n1. The van der Waals surface area contributed by atoms with Crippen LogP contribution in [0, 0.1) is 6.92 Å². The van der Waals surface area contributed by atoms with Gasteiger partial charge in [-0.2, -0.15) is 4.37 Å². The first-order valence-electron chi connectivity index (χ1n) is 6.70. The predicted molar refractivity (Wildman–Crippen MR) is 88.8 cm³/mol. The van der Waals surface area contributed by atoms with Gasteiger partial charge in [-0.3, -0.25) is 4.79 Å². The van der Waals surface area contributed by atoms with E-state index in [1.165, 1.54) is 11.5 Å². The van der Waals surface area contributed by atoms with E-state index in [0.717, 1.165) is 27.8 Å². The average Bonchev–Trinajstić information content (AvgIpc) is 2.92. The van der Waals surface area contributed by atoms with Crippen LogP contribution in [0.2, 0.25) is 0 Å². The van der Waals surface area contributed by atoms with Crippen molar-refractivity contribution in [2.24, 2.45) is 0 Å². The molecule has 21 heavy (non-hydrogen) atoms. The van der Waals surface area contributed by atoms with E-state index in [9.17, 15) is 4.79 Å². The van der Waals surface area contributed by atoms with Gasteiger partial charge in [0.15, 0.2) is 4.34 Å². The molecular formula is C14H18N4OS2. The molecule has 0 aliphatic rings. The zero-order valence-electron chi connectivity index (χ0n) is 12.0. The number of aryl methyl sites for hydroxylation is 1. The number of hydrogen-bond donors (Lipinski definition) is 2. The minimum absolute atomic E-state index is 0.0172. The summed E-state index contributed by atoms with van der Waals surface area (Å²) in [5.41, 5.74) is 8.17. The molecular weight excluding hydrogens is 304 g/mol. The van der Waals surface area contributed by atoms with Crippen LogP contribution < -0.4 is 11.1 Å². The molecule has 5 nitrogen and oxygen atoms in total. The number of benzene rings is 1. The molecule has 112 valence electrons. The first kappa shape index (κ1) is 15.8. The van der Waals surface area contributed by atoms with Crippen LogP contribution in [0.1, 0.15) is 24.7 Å². The first-order chi connectivity index (χ1) is 10.1. The van der Waals surface area contributed by atoms with Crippen LogP contribution in [0.5, 0.6) is 0 Å². The van der Waals surface area contributed by atoms with E-state index in [1.807, 2.05) is 32.0 Å². The molecule has 0 spiro atoms. The molecule has 0 unspecified atom stereocenters. The van der Waals surface area contributed by atoms with E-state index in [-0.39, 0.29) is 5.91 Å². The summed E-state index contributed by atoms with van der Waals surface area (Å²) in [6.45, 7) is 3.92. The highest BCUT2D eigenvalue weighted by Crippen LogP contribution is 2.23. The lowest BCUT2D eigenvalue weighted by atomic mass is 10.1. The van der Waals surface area contributed by atoms with Gasteiger partial charge in [-0.1, -0.05) is 24.8 Å². The lowest BCUT2D eigenvalue weighted by Gasteiger charge is -2.09. The van der Waals surface area contributed by atoms with Crippen LogP contribution in [-0.4, -0.2) is 21.0 Å². The highest BCUT2D eigenvalue weighted by molar-refractivity contribution is 8.00. The molecule has 0 saturated heterocycles. The number of rotatable bonds is 6. The molecule has 2 rings (SSSR count). The maximum Gasteiger partial charge on any atom is 0.225 e. The molecule has 1 amide bonds. The number of anilines is 2. The lowest BCUT2D eigenvalue weighted by Crippen LogP contribution is -2.13. The van der Waals surface area contributed by atoms with Gasteiger partial charge in [0.2, 0.25) is 5.91 Å². The van der Waals surface area contributed by atoms with Crippen molar-refractivity contribution in [2.75, 3.05) is 16.8 Å². The van der Waals surface area contributed by atoms with Crippen LogP contribution in [0.25, 0.3) is 0 Å². The van der Waals surface area contributed by atoms with Gasteiger partial charge in [0.25, 0.3) is 0 Å². The van der Waals surface area contributed by atoms with Gasteiger partial charge < -0.3 is 11.1 Å². The Balaban J connectivity index is 1.81. The van der Waals surface area contributed by atoms with Gasteiger partial charge in [0, 0.05) is 30.0 Å². The second-order valence-corrected chi connectivity index (χ2v) is 6.59. The fraction of sp³-hybridized carbons (Fsp3) is 0.357. The number of thioether (sulfide) groups is 1. The van der Waals surface area contributed by atoms with Crippen molar-refractivity contribution in [2.45, 2.75) is 31.0 Å². The third kappa shape index (κ3) is 4.44. The minimum Gasteiger partial charge on any atom is -0.398 e. The molecule has 1 heterocycles. The van der Waals surface area contributed by atoms with E-state index >= 15 is 0 Å². The van der Waals surface area contributed by atoms with E-state index < -0.39 is 0 Å². The summed E-state index contributed by atoms with van der Waals surface area (Å²) >= 11 is 2.95. The van der Waals surface area contributed by atoms with Crippen LogP contribution in [0.15, 0.2) is 22.5 Å². The molecule has 2 aromatic rings. The molecule has 7 heteroatoms. The van der Waals surface area contributed by atoms with E-state index in [2.05, 4.69) is 14.7 Å². The summed E-state index contributed by atoms with van der Waals surface area (Å²) in [4.78, 5) is 16.3. The Morgan fingerprint density at radius 3 is 3.00 bits per heavy atom. The quantitative estimate of drug-likeness (QED) is 0.631. The smallest absolute Gasteiger partial charge is 0.225 e. The maximum absolute atomic E-state index is 11.9. The standard InChI is InChI=1S/C14H18N4OS2/c1-3-12-17-14(21-18-12)20-8-7-13(19)16-11-6-4-5-10(15)9(11)2/h4-6H,3,7-8,15H2,1-2H3,(H,16,19). The third-order valence-corrected chi connectivity index (χ3v) is 4.84. The fourth-order valence-corrected chi connectivity index (χ4v) is 3.38. The molecule has 1 aromatic heterocycles. The van der Waals surface area contributed by atoms with Gasteiger partial charge in [-0.05, 0) is 36.2 Å². The van der Waals surface area contributed by atoms with Crippen LogP contribution >= 0.6 is 23.3 Å². The Labute approximate surface area is 132 Å². The number of amides is 1. The Morgan fingerprint density at radius 2 is 2.29 bits per heavy atom. The maximum atomic E-state index is 11.9. The Hall–Kier alpha value is -1.60. The van der Waals surface area contributed by atoms with Crippen molar-refractivity contribution < 1.29 is 4.79 Å². The number of carbonyl (C=O) groups is 1. The second-order valence-electron chi connectivity index (χ2n) is 4.50. The lowest BCUT2D eigenvalue weighted by molar-refractivity contribution is -0.115. The van der Waals surface area contributed by atoms with Gasteiger partial charge in [0.1, 0.15) is 5.82 Å². The molecule has 1 aromatic carbocycles. The van der Waals surface area contributed by atoms with Crippen LogP contribution in [0.4, 0.5) is 11.4 Å². The molecule has 3 N–H and O–H groups in total. The number of nitrogens with zero attached hydrogens (tertiary/aromatic N) is 2. The fourth-order valence-electron chi connectivity index (χ4n) is 1.67. The zero-order chi connectivity index (χ0) is 15.2. The number of hydrogen-bond acceptors (Lipinski definition) is 6. The topological polar surface area (TPSA) is 80.9 Å². The number of carbonyl (C=O) groups excluding carboxylic acids is 1. The van der Waals surface area contributed by atoms with Crippen LogP contribution in [0.3, 0.4) is 0 Å². The van der Waals surface area contributed by atoms with Gasteiger partial charge in [-0.15, -0.1) is 0 Å². The predicted octanol–water partition coefficient (Wildman–Crippen LogP) is 3.11. The Kier molecular flexibility index (Phi) is 5.58. The van der Waals surface area contributed by atoms with Crippen molar-refractivity contribution in [1.29, 1.82) is 0 Å². The number of nitrogens with one attached hydrogen (secondary N) is 1. The monoisotopic (exact) mass is 322 g/mol. The van der Waals surface area contributed by atoms with Gasteiger partial charge >= 0.3 is 0 Å². The largest absolute Gasteiger partial charge is 0.398 e. The molecule has 0 aliphatic heterocycles. The van der Waals surface area contributed by atoms with E-state index in [1.54, 1.807) is 11.8 Å². The average molecular weight is 322 g/mol. The number of nitrogens with two attached hydrogens (primary N) is 1. The number of nitrogen functional groups attached to an aromatic ring is 1. The Bertz CT molecular complexity index is 627. The van der Waals surface area contributed by atoms with Crippen molar-refractivity contribution in [3.8, 4) is 0 Å². The van der Waals surface area contributed by atoms with Gasteiger partial charge in [-0.25, -0.2) is 4.98 Å². The second kappa shape index (κ2) is 7.42. The molecule has 0 fully saturated rings. The van der Waals surface area contributed by atoms with Crippen LogP contribution in [-0.2, 0) is 11.2 Å². The molecule has 0 aliphatic carbocycles. The van der Waals surface area contributed by atoms with Crippen molar-refractivity contribution >= 4 is 40.6 Å². The van der Waals surface area contributed by atoms with E-state index in [4.69, 9.17) is 5.73 Å². The van der Waals surface area contributed by atoms with Gasteiger partial charge in [0.05, 0.1) is 0 Å². The Morgan fingerprint density at radius 1 is 1.48 bits per heavy atom. The summed E-state index contributed by atoms with van der Waals surface area (Å²) < 4.78 is 5.13.